The van der Waals surface area contributed by atoms with Crippen LogP contribution < -0.4 is 0 Å². The molecule has 0 aromatic heterocycles. The summed E-state index contributed by atoms with van der Waals surface area (Å²) in [7, 11) is 5.03. The predicted octanol–water partition coefficient (Wildman–Crippen LogP) is 1.07. The molecule has 1 aliphatic heterocycles. The molecule has 0 unspecified atom stereocenters. The Bertz CT molecular complexity index is 317. The van der Waals surface area contributed by atoms with E-state index in [0.717, 1.165) is 0 Å². The van der Waals surface area contributed by atoms with Crippen LogP contribution in [0.25, 0.3) is 0 Å². The predicted molar refractivity (Wildman–Crippen MR) is 70.5 cm³/mol. The summed E-state index contributed by atoms with van der Waals surface area (Å²) in [6, 6.07) is 0. The molecule has 1 radical (unpaired) electrons. The van der Waals surface area contributed by atoms with Gasteiger partial charge in [-0.25, -0.2) is 0 Å². The average Bonchev–Trinajstić information content (AvgIpc) is 2.46. The molecule has 0 aromatic rings. The van der Waals surface area contributed by atoms with Gasteiger partial charge in [0, 0.05) is 0 Å². The van der Waals surface area contributed by atoms with E-state index in [9.17, 15) is 19.2 Å². The van der Waals surface area contributed by atoms with E-state index in [1.54, 1.807) is 6.29 Å². The molecular formula is C8H8NiO4S4. The van der Waals surface area contributed by atoms with Crippen molar-refractivity contribution in [3.63, 3.8) is 0 Å². The molecule has 4 nitrogen and oxygen atoms in total. The molecule has 0 saturated carbocycles. The Morgan fingerprint density at radius 2 is 1.82 bits per heavy atom. The molecule has 1 saturated heterocycles. The third-order valence-electron chi connectivity index (χ3n) is 1.30. The zero-order chi connectivity index (χ0) is 12.7. The summed E-state index contributed by atoms with van der Waals surface area (Å²) < 4.78 is -0.836. The van der Waals surface area contributed by atoms with Crippen LogP contribution in [0.5, 0.6) is 0 Å². The normalized spacial score (nSPS) is 18.9. The summed E-state index contributed by atoms with van der Waals surface area (Å²) in [6.45, 7) is 0. The van der Waals surface area contributed by atoms with Gasteiger partial charge in [-0.2, -0.15) is 0 Å². The van der Waals surface area contributed by atoms with E-state index in [1.165, 1.54) is 43.2 Å². The second-order valence-corrected chi connectivity index (χ2v) is 9.71. The van der Waals surface area contributed by atoms with Crippen molar-refractivity contribution in [2.24, 2.45) is 0 Å². The summed E-state index contributed by atoms with van der Waals surface area (Å²) in [5, 5.41) is 0. The van der Waals surface area contributed by atoms with Crippen molar-refractivity contribution >= 4 is 63.7 Å². The van der Waals surface area contributed by atoms with E-state index >= 15 is 0 Å². The van der Waals surface area contributed by atoms with Crippen molar-refractivity contribution < 1.29 is 32.6 Å². The number of hydrogen-bond acceptors (Lipinski definition) is 8. The van der Waals surface area contributed by atoms with Crippen molar-refractivity contribution in [2.75, 3.05) is 23.0 Å². The van der Waals surface area contributed by atoms with E-state index in [4.69, 9.17) is 0 Å². The fourth-order valence-corrected chi connectivity index (χ4v) is 7.35. The standard InChI is InChI=1S/2C4H4O2S2.Ni/c2*5-1-3-7-8-4-2-6;/h2*3-4H2;. The second kappa shape index (κ2) is 8.64. The molecule has 0 N–H and O–H groups in total. The molecule has 1 heterocycles. The van der Waals surface area contributed by atoms with Gasteiger partial charge in [0.05, 0.1) is 0 Å². The Hall–Kier alpha value is 0.574. The van der Waals surface area contributed by atoms with Crippen LogP contribution in [-0.2, 0) is 32.6 Å². The molecule has 0 bridgehead atoms. The first kappa shape index (κ1) is 15.6. The van der Waals surface area contributed by atoms with Crippen LogP contribution in [0.1, 0.15) is 0 Å². The van der Waals surface area contributed by atoms with Crippen molar-refractivity contribution in [3.05, 3.63) is 0 Å². The van der Waals surface area contributed by atoms with E-state index in [2.05, 4.69) is 0 Å². The van der Waals surface area contributed by atoms with Gasteiger partial charge in [0.15, 0.2) is 0 Å². The van der Waals surface area contributed by atoms with Gasteiger partial charge in [0.1, 0.15) is 0 Å². The minimum atomic E-state index is -1.54. The third kappa shape index (κ3) is 5.38. The van der Waals surface area contributed by atoms with Crippen LogP contribution in [0.4, 0.5) is 0 Å². The zero-order valence-corrected chi connectivity index (χ0v) is 12.7. The molecule has 0 spiro atoms. The van der Waals surface area contributed by atoms with Gasteiger partial charge >= 0.3 is 119 Å². The first-order valence-electron chi connectivity index (χ1n) is 4.19. The molecule has 0 amide bonds. The molecule has 9 heteroatoms. The summed E-state index contributed by atoms with van der Waals surface area (Å²) >= 11 is -1.54. The number of carbonyl (C=O) groups is 3. The SMILES string of the molecule is O=[C]CSSC[C](=O)[Ni]1[C](=O)CSSC[C]1=O. The van der Waals surface area contributed by atoms with Crippen LogP contribution in [0.3, 0.4) is 0 Å². The van der Waals surface area contributed by atoms with Gasteiger partial charge in [-0.05, 0) is 0 Å². The Morgan fingerprint density at radius 3 is 2.35 bits per heavy atom. The van der Waals surface area contributed by atoms with Gasteiger partial charge in [-0.1, -0.05) is 0 Å². The fraction of sp³-hybridized carbons (Fsp3) is 0.500. The Kier molecular flexibility index (Phi) is 7.94. The molecule has 1 rings (SSSR count). The van der Waals surface area contributed by atoms with E-state index in [-0.39, 0.29) is 37.3 Å². The van der Waals surface area contributed by atoms with Crippen LogP contribution in [0, 0.1) is 0 Å². The Morgan fingerprint density at radius 1 is 1.24 bits per heavy atom. The van der Waals surface area contributed by atoms with Gasteiger partial charge in [0.25, 0.3) is 0 Å². The maximum absolute atomic E-state index is 11.8. The van der Waals surface area contributed by atoms with Crippen LogP contribution in [-0.4, -0.2) is 43.6 Å². The summed E-state index contributed by atoms with van der Waals surface area (Å²) in [4.78, 5) is 44.9. The molecule has 0 atom stereocenters. The quantitative estimate of drug-likeness (QED) is 0.398. The molecule has 98 valence electrons. The van der Waals surface area contributed by atoms with Gasteiger partial charge in [0.2, 0.25) is 0 Å². The maximum atomic E-state index is 11.8. The summed E-state index contributed by atoms with van der Waals surface area (Å²) in [6.07, 6.45) is 1.69. The molecular weight excluding hydrogens is 347 g/mol. The van der Waals surface area contributed by atoms with E-state index in [1.807, 2.05) is 0 Å². The molecule has 0 aromatic carbocycles. The summed E-state index contributed by atoms with van der Waals surface area (Å²) in [5.74, 6) is 0.712. The number of carbonyl (C=O) groups excluding carboxylic acids is 4. The first-order chi connectivity index (χ1) is 8.16. The van der Waals surface area contributed by atoms with Crippen molar-refractivity contribution in [3.8, 4) is 0 Å². The van der Waals surface area contributed by atoms with Gasteiger partial charge < -0.3 is 0 Å². The molecule has 0 aliphatic carbocycles. The first-order valence-corrected chi connectivity index (χ1v) is 10.7. The third-order valence-corrected chi connectivity index (χ3v) is 8.20. The average molecular weight is 355 g/mol. The van der Waals surface area contributed by atoms with E-state index in [0.29, 0.717) is 0 Å². The topological polar surface area (TPSA) is 68.3 Å². The Balaban J connectivity index is 2.49. The van der Waals surface area contributed by atoms with E-state index < -0.39 is 13.4 Å². The molecule has 17 heavy (non-hydrogen) atoms. The van der Waals surface area contributed by atoms with Crippen LogP contribution in [0.2, 0.25) is 0 Å². The second-order valence-electron chi connectivity index (χ2n) is 2.39. The van der Waals surface area contributed by atoms with Crippen LogP contribution in [0.15, 0.2) is 0 Å². The summed E-state index contributed by atoms with van der Waals surface area (Å²) in [5.41, 5.74) is 0. The molecule has 1 aliphatic rings. The van der Waals surface area contributed by atoms with Crippen molar-refractivity contribution in [1.29, 1.82) is 0 Å². The zero-order valence-electron chi connectivity index (χ0n) is 8.41. The number of hydrogen-bond donors (Lipinski definition) is 0. The van der Waals surface area contributed by atoms with Gasteiger partial charge in [-0.15, -0.1) is 0 Å². The molecule has 1 fully saturated rings. The van der Waals surface area contributed by atoms with Gasteiger partial charge in [-0.3, -0.25) is 0 Å². The fourth-order valence-electron chi connectivity index (χ4n) is 0.751. The monoisotopic (exact) mass is 354 g/mol. The van der Waals surface area contributed by atoms with Crippen molar-refractivity contribution in [1.82, 2.24) is 0 Å². The minimum absolute atomic E-state index is 0.0918. The number of rotatable bonds is 6. The van der Waals surface area contributed by atoms with Crippen molar-refractivity contribution in [2.45, 2.75) is 0 Å². The Labute approximate surface area is 119 Å². The van der Waals surface area contributed by atoms with Crippen LogP contribution >= 0.6 is 43.2 Å².